The average molecular weight is 360 g/mol. The molecular formula is C17H27Cl2N3O. The van der Waals surface area contributed by atoms with Gasteiger partial charge < -0.3 is 10.6 Å². The average Bonchev–Trinajstić information content (AvgIpc) is 3.35. The fraction of sp³-hybridized carbons (Fsp3) is 0.588. The summed E-state index contributed by atoms with van der Waals surface area (Å²) in [7, 11) is 0. The smallest absolute Gasteiger partial charge is 0.237 e. The van der Waals surface area contributed by atoms with Gasteiger partial charge in [-0.3, -0.25) is 9.69 Å². The predicted molar refractivity (Wildman–Crippen MR) is 98.5 cm³/mol. The Kier molecular flexibility index (Phi) is 8.34. The summed E-state index contributed by atoms with van der Waals surface area (Å²) in [5.41, 5.74) is 2.61. The number of halogens is 2. The zero-order chi connectivity index (χ0) is 14.7. The third-order valence-corrected chi connectivity index (χ3v) is 4.57. The van der Waals surface area contributed by atoms with Crippen LogP contribution >= 0.6 is 24.8 Å². The van der Waals surface area contributed by atoms with Crippen LogP contribution in [0.2, 0.25) is 0 Å². The number of hydrogen-bond donors (Lipinski definition) is 2. The molecule has 0 saturated heterocycles. The summed E-state index contributed by atoms with van der Waals surface area (Å²) in [6.07, 6.45) is 3.44. The SMILES string of the molecule is CCN(CCNC(=O)C1Cc2ccccc2CN1)C1CC1.Cl.Cl. The van der Waals surface area contributed by atoms with Gasteiger partial charge >= 0.3 is 0 Å². The third-order valence-electron chi connectivity index (χ3n) is 4.57. The van der Waals surface area contributed by atoms with Crippen LogP contribution in [0.5, 0.6) is 0 Å². The number of hydrogen-bond acceptors (Lipinski definition) is 3. The number of carbonyl (C=O) groups is 1. The summed E-state index contributed by atoms with van der Waals surface area (Å²) in [6, 6.07) is 9.04. The molecule has 1 fully saturated rings. The highest BCUT2D eigenvalue weighted by Gasteiger charge is 2.28. The largest absolute Gasteiger partial charge is 0.353 e. The second-order valence-corrected chi connectivity index (χ2v) is 6.06. The first-order chi connectivity index (χ1) is 10.3. The Balaban J connectivity index is 0.00000132. The van der Waals surface area contributed by atoms with Crippen LogP contribution in [0.3, 0.4) is 0 Å². The van der Waals surface area contributed by atoms with E-state index in [0.29, 0.717) is 0 Å². The van der Waals surface area contributed by atoms with Gasteiger partial charge in [-0.15, -0.1) is 24.8 Å². The molecule has 4 nitrogen and oxygen atoms in total. The second kappa shape index (κ2) is 9.48. The Labute approximate surface area is 151 Å². The minimum absolute atomic E-state index is 0. The standard InChI is InChI=1S/C17H25N3O.2ClH/c1-2-20(15-7-8-15)10-9-18-17(21)16-11-13-5-3-4-6-14(13)12-19-16;;/h3-6,15-16,19H,2,7-12H2,1H3,(H,18,21);2*1H. The molecule has 1 amide bonds. The van der Waals surface area contributed by atoms with Crippen LogP contribution < -0.4 is 10.6 Å². The lowest BCUT2D eigenvalue weighted by Gasteiger charge is -2.26. The molecule has 1 aliphatic heterocycles. The summed E-state index contributed by atoms with van der Waals surface area (Å²) in [5, 5.41) is 6.42. The molecule has 2 aliphatic rings. The number of likely N-dealkylation sites (N-methyl/N-ethyl adjacent to an activating group) is 1. The Hall–Kier alpha value is -0.810. The van der Waals surface area contributed by atoms with E-state index < -0.39 is 0 Å². The lowest BCUT2D eigenvalue weighted by molar-refractivity contribution is -0.123. The molecule has 3 rings (SSSR count). The minimum Gasteiger partial charge on any atom is -0.353 e. The maximum atomic E-state index is 12.3. The maximum Gasteiger partial charge on any atom is 0.237 e. The summed E-state index contributed by atoms with van der Waals surface area (Å²) in [6.45, 7) is 5.78. The quantitative estimate of drug-likeness (QED) is 0.817. The van der Waals surface area contributed by atoms with Crippen molar-refractivity contribution in [1.29, 1.82) is 0 Å². The highest BCUT2D eigenvalue weighted by atomic mass is 35.5. The molecule has 130 valence electrons. The molecule has 1 saturated carbocycles. The van der Waals surface area contributed by atoms with Crippen LogP contribution in [0.25, 0.3) is 0 Å². The number of carbonyl (C=O) groups excluding carboxylic acids is 1. The van der Waals surface area contributed by atoms with Crippen LogP contribution in [-0.2, 0) is 17.8 Å². The van der Waals surface area contributed by atoms with Gasteiger partial charge in [0.15, 0.2) is 0 Å². The van der Waals surface area contributed by atoms with E-state index >= 15 is 0 Å². The maximum absolute atomic E-state index is 12.3. The normalized spacial score (nSPS) is 19.3. The lowest BCUT2D eigenvalue weighted by Crippen LogP contribution is -2.49. The minimum atomic E-state index is -0.0871. The van der Waals surface area contributed by atoms with E-state index in [9.17, 15) is 4.79 Å². The van der Waals surface area contributed by atoms with Crippen molar-refractivity contribution in [2.45, 2.75) is 44.8 Å². The molecule has 1 aromatic rings. The molecule has 1 atom stereocenters. The van der Waals surface area contributed by atoms with Crippen LogP contribution in [0, 0.1) is 0 Å². The number of fused-ring (bicyclic) bond motifs is 1. The molecule has 0 spiro atoms. The van der Waals surface area contributed by atoms with Gasteiger partial charge in [-0.25, -0.2) is 0 Å². The summed E-state index contributed by atoms with van der Waals surface area (Å²) in [5.74, 6) is 0.136. The molecule has 0 aromatic heterocycles. The van der Waals surface area contributed by atoms with Gasteiger partial charge in [-0.1, -0.05) is 31.2 Å². The highest BCUT2D eigenvalue weighted by molar-refractivity contribution is 5.85. The molecule has 1 heterocycles. The van der Waals surface area contributed by atoms with Gasteiger partial charge in [0, 0.05) is 25.7 Å². The lowest BCUT2D eigenvalue weighted by atomic mass is 9.95. The Morgan fingerprint density at radius 3 is 2.61 bits per heavy atom. The van der Waals surface area contributed by atoms with E-state index in [1.54, 1.807) is 0 Å². The van der Waals surface area contributed by atoms with Crippen LogP contribution in [-0.4, -0.2) is 42.5 Å². The monoisotopic (exact) mass is 359 g/mol. The Morgan fingerprint density at radius 1 is 1.26 bits per heavy atom. The van der Waals surface area contributed by atoms with Crippen molar-refractivity contribution < 1.29 is 4.79 Å². The topological polar surface area (TPSA) is 44.4 Å². The third kappa shape index (κ3) is 5.35. The van der Waals surface area contributed by atoms with Crippen molar-refractivity contribution in [3.8, 4) is 0 Å². The van der Waals surface area contributed by atoms with Gasteiger partial charge in [-0.05, 0) is 36.9 Å². The first kappa shape index (κ1) is 20.2. The zero-order valence-corrected chi connectivity index (χ0v) is 15.2. The van der Waals surface area contributed by atoms with E-state index in [0.717, 1.165) is 38.6 Å². The number of nitrogens with one attached hydrogen (secondary N) is 2. The number of nitrogens with zero attached hydrogens (tertiary/aromatic N) is 1. The van der Waals surface area contributed by atoms with Gasteiger partial charge in [0.2, 0.25) is 5.91 Å². The second-order valence-electron chi connectivity index (χ2n) is 6.06. The Morgan fingerprint density at radius 2 is 1.96 bits per heavy atom. The summed E-state index contributed by atoms with van der Waals surface area (Å²) >= 11 is 0. The van der Waals surface area contributed by atoms with Crippen LogP contribution in [0.4, 0.5) is 0 Å². The van der Waals surface area contributed by atoms with E-state index in [-0.39, 0.29) is 36.8 Å². The van der Waals surface area contributed by atoms with E-state index in [1.165, 1.54) is 24.0 Å². The molecular weight excluding hydrogens is 333 g/mol. The van der Waals surface area contributed by atoms with Crippen LogP contribution in [0.1, 0.15) is 30.9 Å². The molecule has 2 N–H and O–H groups in total. The Bertz CT molecular complexity index is 508. The van der Waals surface area contributed by atoms with Gasteiger partial charge in [-0.2, -0.15) is 0 Å². The van der Waals surface area contributed by atoms with Crippen molar-refractivity contribution in [2.24, 2.45) is 0 Å². The molecule has 0 bridgehead atoms. The van der Waals surface area contributed by atoms with Gasteiger partial charge in [0.05, 0.1) is 6.04 Å². The van der Waals surface area contributed by atoms with E-state index in [2.05, 4.69) is 40.7 Å². The molecule has 23 heavy (non-hydrogen) atoms. The van der Waals surface area contributed by atoms with Crippen molar-refractivity contribution in [2.75, 3.05) is 19.6 Å². The summed E-state index contributed by atoms with van der Waals surface area (Å²) in [4.78, 5) is 14.7. The van der Waals surface area contributed by atoms with Crippen molar-refractivity contribution in [3.05, 3.63) is 35.4 Å². The van der Waals surface area contributed by atoms with Crippen LogP contribution in [0.15, 0.2) is 24.3 Å². The van der Waals surface area contributed by atoms with E-state index in [1.807, 2.05) is 6.07 Å². The first-order valence-corrected chi connectivity index (χ1v) is 8.10. The highest BCUT2D eigenvalue weighted by Crippen LogP contribution is 2.25. The number of benzene rings is 1. The first-order valence-electron chi connectivity index (χ1n) is 8.10. The number of rotatable bonds is 6. The van der Waals surface area contributed by atoms with Gasteiger partial charge in [0.1, 0.15) is 0 Å². The molecule has 1 aromatic carbocycles. The molecule has 6 heteroatoms. The summed E-state index contributed by atoms with van der Waals surface area (Å²) < 4.78 is 0. The fourth-order valence-electron chi connectivity index (χ4n) is 3.12. The van der Waals surface area contributed by atoms with Crippen molar-refractivity contribution in [1.82, 2.24) is 15.5 Å². The number of amides is 1. The molecule has 1 unspecified atom stereocenters. The van der Waals surface area contributed by atoms with Gasteiger partial charge in [0.25, 0.3) is 0 Å². The van der Waals surface area contributed by atoms with Crippen molar-refractivity contribution >= 4 is 30.7 Å². The van der Waals surface area contributed by atoms with Crippen molar-refractivity contribution in [3.63, 3.8) is 0 Å². The fourth-order valence-corrected chi connectivity index (χ4v) is 3.12. The predicted octanol–water partition coefficient (Wildman–Crippen LogP) is 2.15. The zero-order valence-electron chi connectivity index (χ0n) is 13.6. The molecule has 0 radical (unpaired) electrons. The molecule has 1 aliphatic carbocycles. The van der Waals surface area contributed by atoms with E-state index in [4.69, 9.17) is 0 Å².